The van der Waals surface area contributed by atoms with E-state index in [1.54, 1.807) is 11.3 Å². The molecular formula is C14H23ClN2S. The summed E-state index contributed by atoms with van der Waals surface area (Å²) in [6.07, 6.45) is 2.74. The standard InChI is InChI=1S/C14H23ClN2S/c1-11(2)13-4-3-8-17(13)9-7-16-10-12-5-6-14(15)18-12/h5-6,11,13,16H,3-4,7-10H2,1-2H3. The van der Waals surface area contributed by atoms with Gasteiger partial charge in [-0.25, -0.2) is 0 Å². The Morgan fingerprint density at radius 2 is 2.33 bits per heavy atom. The fourth-order valence-electron chi connectivity index (χ4n) is 2.77. The molecule has 1 aliphatic rings. The molecule has 1 N–H and O–H groups in total. The highest BCUT2D eigenvalue weighted by Gasteiger charge is 2.26. The Morgan fingerprint density at radius 3 is 3.00 bits per heavy atom. The Hall–Kier alpha value is -0.0900. The highest BCUT2D eigenvalue weighted by molar-refractivity contribution is 7.16. The van der Waals surface area contributed by atoms with Gasteiger partial charge in [0.15, 0.2) is 0 Å². The lowest BCUT2D eigenvalue weighted by molar-refractivity contribution is 0.207. The van der Waals surface area contributed by atoms with Crippen molar-refractivity contribution in [3.8, 4) is 0 Å². The molecule has 1 fully saturated rings. The highest BCUT2D eigenvalue weighted by Crippen LogP contribution is 2.23. The van der Waals surface area contributed by atoms with Crippen molar-refractivity contribution >= 4 is 22.9 Å². The molecule has 4 heteroatoms. The van der Waals surface area contributed by atoms with Crippen molar-refractivity contribution in [3.63, 3.8) is 0 Å². The van der Waals surface area contributed by atoms with Crippen molar-refractivity contribution in [2.75, 3.05) is 19.6 Å². The predicted octanol–water partition coefficient (Wildman–Crippen LogP) is 3.61. The van der Waals surface area contributed by atoms with E-state index in [1.165, 1.54) is 30.8 Å². The van der Waals surface area contributed by atoms with Crippen LogP contribution in [0, 0.1) is 5.92 Å². The molecule has 0 bridgehead atoms. The lowest BCUT2D eigenvalue weighted by Crippen LogP contribution is -2.38. The first-order chi connectivity index (χ1) is 8.66. The van der Waals surface area contributed by atoms with E-state index in [2.05, 4.69) is 30.1 Å². The summed E-state index contributed by atoms with van der Waals surface area (Å²) in [5, 5.41) is 3.51. The number of rotatable bonds is 6. The summed E-state index contributed by atoms with van der Waals surface area (Å²) in [6, 6.07) is 4.87. The fraction of sp³-hybridized carbons (Fsp3) is 0.714. The zero-order valence-corrected chi connectivity index (χ0v) is 12.9. The molecule has 1 aromatic heterocycles. The number of hydrogen-bond donors (Lipinski definition) is 1. The summed E-state index contributed by atoms with van der Waals surface area (Å²) in [5.74, 6) is 0.781. The van der Waals surface area contributed by atoms with Crippen molar-refractivity contribution < 1.29 is 0 Å². The van der Waals surface area contributed by atoms with Crippen LogP contribution >= 0.6 is 22.9 Å². The molecule has 0 aromatic carbocycles. The molecule has 1 atom stereocenters. The quantitative estimate of drug-likeness (QED) is 0.804. The zero-order chi connectivity index (χ0) is 13.0. The van der Waals surface area contributed by atoms with Crippen molar-refractivity contribution in [2.24, 2.45) is 5.92 Å². The molecule has 0 amide bonds. The van der Waals surface area contributed by atoms with E-state index in [4.69, 9.17) is 11.6 Å². The number of nitrogens with one attached hydrogen (secondary N) is 1. The summed E-state index contributed by atoms with van der Waals surface area (Å²) in [7, 11) is 0. The van der Waals surface area contributed by atoms with Crippen LogP contribution in [-0.4, -0.2) is 30.6 Å². The van der Waals surface area contributed by atoms with Gasteiger partial charge in [0, 0.05) is 30.6 Å². The summed E-state index contributed by atoms with van der Waals surface area (Å²) >= 11 is 7.58. The number of hydrogen-bond acceptors (Lipinski definition) is 3. The topological polar surface area (TPSA) is 15.3 Å². The molecule has 1 aromatic rings. The number of nitrogens with zero attached hydrogens (tertiary/aromatic N) is 1. The first kappa shape index (κ1) is 14.3. The third kappa shape index (κ3) is 3.95. The molecule has 0 spiro atoms. The molecule has 2 nitrogen and oxygen atoms in total. The second-order valence-corrected chi connectivity index (χ2v) is 7.17. The Balaban J connectivity index is 1.66. The average molecular weight is 287 g/mol. The van der Waals surface area contributed by atoms with Crippen molar-refractivity contribution in [3.05, 3.63) is 21.3 Å². The van der Waals surface area contributed by atoms with Gasteiger partial charge < -0.3 is 5.32 Å². The van der Waals surface area contributed by atoms with Crippen LogP contribution in [0.15, 0.2) is 12.1 Å². The lowest BCUT2D eigenvalue weighted by atomic mass is 10.0. The van der Waals surface area contributed by atoms with Gasteiger partial charge in [0.25, 0.3) is 0 Å². The Labute approximate surface area is 119 Å². The van der Waals surface area contributed by atoms with Crippen LogP contribution in [0.4, 0.5) is 0 Å². The molecule has 2 rings (SSSR count). The molecule has 102 valence electrons. The van der Waals surface area contributed by atoms with Gasteiger partial charge in [-0.3, -0.25) is 4.90 Å². The maximum Gasteiger partial charge on any atom is 0.0931 e. The van der Waals surface area contributed by atoms with Gasteiger partial charge in [0.1, 0.15) is 0 Å². The SMILES string of the molecule is CC(C)C1CCCN1CCNCc1ccc(Cl)s1. The molecule has 0 aliphatic carbocycles. The van der Waals surface area contributed by atoms with E-state index < -0.39 is 0 Å². The van der Waals surface area contributed by atoms with E-state index in [0.29, 0.717) is 0 Å². The monoisotopic (exact) mass is 286 g/mol. The van der Waals surface area contributed by atoms with Crippen molar-refractivity contribution in [1.29, 1.82) is 0 Å². The largest absolute Gasteiger partial charge is 0.311 e. The van der Waals surface area contributed by atoms with Gasteiger partial charge >= 0.3 is 0 Å². The molecule has 1 unspecified atom stereocenters. The van der Waals surface area contributed by atoms with Crippen LogP contribution < -0.4 is 5.32 Å². The Morgan fingerprint density at radius 1 is 1.50 bits per heavy atom. The van der Waals surface area contributed by atoms with Gasteiger partial charge in [-0.1, -0.05) is 25.4 Å². The molecule has 1 aliphatic heterocycles. The first-order valence-electron chi connectivity index (χ1n) is 6.86. The van der Waals surface area contributed by atoms with Crippen LogP contribution in [0.25, 0.3) is 0 Å². The normalized spacial score (nSPS) is 21.0. The van der Waals surface area contributed by atoms with E-state index in [1.807, 2.05) is 6.07 Å². The van der Waals surface area contributed by atoms with E-state index >= 15 is 0 Å². The summed E-state index contributed by atoms with van der Waals surface area (Å²) in [4.78, 5) is 3.96. The minimum absolute atomic E-state index is 0.781. The lowest BCUT2D eigenvalue weighted by Gasteiger charge is -2.27. The molecule has 1 saturated heterocycles. The minimum Gasteiger partial charge on any atom is -0.311 e. The third-order valence-corrected chi connectivity index (χ3v) is 4.92. The summed E-state index contributed by atoms with van der Waals surface area (Å²) in [5.41, 5.74) is 0. The van der Waals surface area contributed by atoms with Crippen molar-refractivity contribution in [1.82, 2.24) is 10.2 Å². The number of thiophene rings is 1. The molecule has 2 heterocycles. The van der Waals surface area contributed by atoms with Gasteiger partial charge in [0.2, 0.25) is 0 Å². The van der Waals surface area contributed by atoms with E-state index in [0.717, 1.165) is 29.4 Å². The zero-order valence-electron chi connectivity index (χ0n) is 11.3. The number of halogens is 1. The van der Waals surface area contributed by atoms with Gasteiger partial charge in [-0.2, -0.15) is 0 Å². The van der Waals surface area contributed by atoms with Gasteiger partial charge in [-0.05, 0) is 37.4 Å². The highest BCUT2D eigenvalue weighted by atomic mass is 35.5. The fourth-order valence-corrected chi connectivity index (χ4v) is 3.82. The van der Waals surface area contributed by atoms with Gasteiger partial charge in [-0.15, -0.1) is 11.3 Å². The summed E-state index contributed by atoms with van der Waals surface area (Å²) in [6.45, 7) is 9.13. The van der Waals surface area contributed by atoms with Gasteiger partial charge in [0.05, 0.1) is 4.34 Å². The van der Waals surface area contributed by atoms with Crippen molar-refractivity contribution in [2.45, 2.75) is 39.3 Å². The van der Waals surface area contributed by atoms with E-state index in [9.17, 15) is 0 Å². The number of likely N-dealkylation sites (tertiary alicyclic amines) is 1. The predicted molar refractivity (Wildman–Crippen MR) is 80.5 cm³/mol. The van der Waals surface area contributed by atoms with Crippen LogP contribution in [0.5, 0.6) is 0 Å². The molecule has 0 saturated carbocycles. The molecule has 0 radical (unpaired) electrons. The first-order valence-corrected chi connectivity index (χ1v) is 8.05. The smallest absolute Gasteiger partial charge is 0.0931 e. The van der Waals surface area contributed by atoms with Crippen LogP contribution in [0.3, 0.4) is 0 Å². The minimum atomic E-state index is 0.781. The average Bonchev–Trinajstić information content (AvgIpc) is 2.93. The van der Waals surface area contributed by atoms with Crippen LogP contribution in [-0.2, 0) is 6.54 Å². The van der Waals surface area contributed by atoms with Crippen LogP contribution in [0.1, 0.15) is 31.6 Å². The maximum absolute atomic E-state index is 5.91. The molecular weight excluding hydrogens is 264 g/mol. The molecule has 18 heavy (non-hydrogen) atoms. The summed E-state index contributed by atoms with van der Waals surface area (Å²) < 4.78 is 0.881. The Kier molecular flexibility index (Phi) is 5.49. The van der Waals surface area contributed by atoms with Crippen LogP contribution in [0.2, 0.25) is 4.34 Å². The second kappa shape index (κ2) is 6.90. The third-order valence-electron chi connectivity index (χ3n) is 3.69. The second-order valence-electron chi connectivity index (χ2n) is 5.37. The maximum atomic E-state index is 5.91. The van der Waals surface area contributed by atoms with E-state index in [-0.39, 0.29) is 0 Å². The Bertz CT molecular complexity index is 364.